The van der Waals surface area contributed by atoms with Crippen LogP contribution in [0, 0.1) is 0 Å². The van der Waals surface area contributed by atoms with Crippen LogP contribution in [-0.2, 0) is 11.8 Å². The Morgan fingerprint density at radius 2 is 2.29 bits per heavy atom. The van der Waals surface area contributed by atoms with Gasteiger partial charge in [0.15, 0.2) is 5.82 Å². The van der Waals surface area contributed by atoms with Gasteiger partial charge in [-0.1, -0.05) is 13.3 Å². The largest absolute Gasteiger partial charge is 0.475 e. The van der Waals surface area contributed by atoms with Gasteiger partial charge in [-0.2, -0.15) is 0 Å². The number of nitrogens with zero attached hydrogens (tertiary/aromatic N) is 2. The summed E-state index contributed by atoms with van der Waals surface area (Å²) in [6, 6.07) is 0. The second kappa shape index (κ2) is 5.88. The number of rotatable bonds is 5. The van der Waals surface area contributed by atoms with Gasteiger partial charge in [0.25, 0.3) is 0 Å². The van der Waals surface area contributed by atoms with Gasteiger partial charge in [-0.15, -0.1) is 0 Å². The molecule has 0 atom stereocenters. The Morgan fingerprint density at radius 1 is 1.59 bits per heavy atom. The van der Waals surface area contributed by atoms with Crippen LogP contribution in [-0.4, -0.2) is 33.3 Å². The van der Waals surface area contributed by atoms with Crippen molar-refractivity contribution < 1.29 is 19.4 Å². The van der Waals surface area contributed by atoms with Crippen molar-refractivity contribution in [2.75, 3.05) is 11.9 Å². The Labute approximate surface area is 98.4 Å². The lowest BCUT2D eigenvalue weighted by Gasteiger charge is -2.03. The van der Waals surface area contributed by atoms with Gasteiger partial charge in [0.05, 0.1) is 6.61 Å². The van der Waals surface area contributed by atoms with E-state index in [2.05, 4.69) is 10.3 Å². The number of aromatic carboxylic acids is 1. The van der Waals surface area contributed by atoms with Gasteiger partial charge >= 0.3 is 12.1 Å². The van der Waals surface area contributed by atoms with Crippen LogP contribution in [0.25, 0.3) is 0 Å². The van der Waals surface area contributed by atoms with Crippen molar-refractivity contribution in [3.63, 3.8) is 0 Å². The zero-order chi connectivity index (χ0) is 12.8. The van der Waals surface area contributed by atoms with Gasteiger partial charge in [0.2, 0.25) is 5.82 Å². The number of unbranched alkanes of at least 4 members (excludes halogenated alkanes) is 1. The summed E-state index contributed by atoms with van der Waals surface area (Å²) < 4.78 is 6.16. The molecule has 0 aliphatic rings. The van der Waals surface area contributed by atoms with E-state index in [-0.39, 0.29) is 11.6 Å². The molecule has 17 heavy (non-hydrogen) atoms. The summed E-state index contributed by atoms with van der Waals surface area (Å²) in [5.74, 6) is -1.14. The number of carbonyl (C=O) groups is 2. The first kappa shape index (κ1) is 13.0. The maximum atomic E-state index is 11.2. The smallest absolute Gasteiger partial charge is 0.412 e. The highest BCUT2D eigenvalue weighted by Crippen LogP contribution is 2.07. The first-order valence-electron chi connectivity index (χ1n) is 5.25. The van der Waals surface area contributed by atoms with Crippen LogP contribution in [0.15, 0.2) is 6.20 Å². The van der Waals surface area contributed by atoms with E-state index >= 15 is 0 Å². The maximum absolute atomic E-state index is 11.2. The van der Waals surface area contributed by atoms with Gasteiger partial charge in [-0.05, 0) is 6.42 Å². The number of hydrogen-bond acceptors (Lipinski definition) is 4. The lowest BCUT2D eigenvalue weighted by atomic mass is 10.4. The minimum atomic E-state index is -1.15. The zero-order valence-corrected chi connectivity index (χ0v) is 9.77. The van der Waals surface area contributed by atoms with Crippen LogP contribution in [0.4, 0.5) is 10.6 Å². The normalized spacial score (nSPS) is 10.0. The fourth-order valence-corrected chi connectivity index (χ4v) is 1.18. The number of aromatic nitrogens is 2. The number of carboxylic acid groups (broad SMARTS) is 1. The molecule has 0 fully saturated rings. The predicted octanol–water partition coefficient (Wildman–Crippen LogP) is 1.47. The fraction of sp³-hybridized carbons (Fsp3) is 0.500. The van der Waals surface area contributed by atoms with Gasteiger partial charge in [-0.3, -0.25) is 5.32 Å². The molecule has 2 N–H and O–H groups in total. The first-order valence-corrected chi connectivity index (χ1v) is 5.25. The number of carboxylic acids is 1. The highest BCUT2D eigenvalue weighted by Gasteiger charge is 2.13. The van der Waals surface area contributed by atoms with Crippen molar-refractivity contribution in [1.82, 2.24) is 9.55 Å². The van der Waals surface area contributed by atoms with Gasteiger partial charge in [0, 0.05) is 13.2 Å². The Kier molecular flexibility index (Phi) is 4.50. The summed E-state index contributed by atoms with van der Waals surface area (Å²) in [4.78, 5) is 25.7. The average molecular weight is 241 g/mol. The number of amides is 1. The molecule has 7 nitrogen and oxygen atoms in total. The second-order valence-corrected chi connectivity index (χ2v) is 3.48. The van der Waals surface area contributed by atoms with E-state index in [1.54, 1.807) is 0 Å². The van der Waals surface area contributed by atoms with E-state index < -0.39 is 12.1 Å². The molecule has 94 valence electrons. The number of anilines is 1. The summed E-state index contributed by atoms with van der Waals surface area (Å²) in [5.41, 5.74) is 0. The molecule has 1 aromatic rings. The third kappa shape index (κ3) is 3.78. The molecule has 0 aliphatic heterocycles. The van der Waals surface area contributed by atoms with Crippen molar-refractivity contribution in [3.05, 3.63) is 12.0 Å². The summed E-state index contributed by atoms with van der Waals surface area (Å²) in [7, 11) is 1.53. The molecule has 1 amide bonds. The van der Waals surface area contributed by atoms with Gasteiger partial charge in [0.1, 0.15) is 0 Å². The molecule has 0 aromatic carbocycles. The van der Waals surface area contributed by atoms with E-state index in [1.165, 1.54) is 17.8 Å². The van der Waals surface area contributed by atoms with Crippen molar-refractivity contribution in [3.8, 4) is 0 Å². The third-order valence-electron chi connectivity index (χ3n) is 2.03. The second-order valence-electron chi connectivity index (χ2n) is 3.48. The van der Waals surface area contributed by atoms with Crippen LogP contribution in [0.3, 0.4) is 0 Å². The van der Waals surface area contributed by atoms with Crippen LogP contribution in [0.2, 0.25) is 0 Å². The van der Waals surface area contributed by atoms with E-state index in [4.69, 9.17) is 9.84 Å². The monoisotopic (exact) mass is 241 g/mol. The first-order chi connectivity index (χ1) is 8.04. The quantitative estimate of drug-likeness (QED) is 0.761. The molecule has 0 saturated carbocycles. The maximum Gasteiger partial charge on any atom is 0.412 e. The highest BCUT2D eigenvalue weighted by molar-refractivity contribution is 5.87. The third-order valence-corrected chi connectivity index (χ3v) is 2.03. The minimum absolute atomic E-state index is 0.145. The summed E-state index contributed by atoms with van der Waals surface area (Å²) in [6.45, 7) is 2.32. The molecule has 1 rings (SSSR count). The Hall–Kier alpha value is -2.05. The number of carbonyl (C=O) groups excluding carboxylic acids is 1. The summed E-state index contributed by atoms with van der Waals surface area (Å²) >= 11 is 0. The zero-order valence-electron chi connectivity index (χ0n) is 9.77. The Balaban J connectivity index is 2.54. The van der Waals surface area contributed by atoms with E-state index in [1.807, 2.05) is 6.92 Å². The predicted molar refractivity (Wildman–Crippen MR) is 60.0 cm³/mol. The van der Waals surface area contributed by atoms with Crippen molar-refractivity contribution >= 4 is 17.9 Å². The van der Waals surface area contributed by atoms with E-state index in [0.717, 1.165) is 12.8 Å². The molecule has 0 unspecified atom stereocenters. The lowest BCUT2D eigenvalue weighted by molar-refractivity contribution is 0.0679. The molecule has 0 radical (unpaired) electrons. The lowest BCUT2D eigenvalue weighted by Crippen LogP contribution is -2.14. The topological polar surface area (TPSA) is 93.5 Å². The van der Waals surface area contributed by atoms with Crippen molar-refractivity contribution in [2.45, 2.75) is 19.8 Å². The molecular formula is C10H15N3O4. The number of aryl methyl sites for hydroxylation is 1. The van der Waals surface area contributed by atoms with Crippen LogP contribution in [0.5, 0.6) is 0 Å². The van der Waals surface area contributed by atoms with Crippen molar-refractivity contribution in [1.29, 1.82) is 0 Å². The van der Waals surface area contributed by atoms with Gasteiger partial charge < -0.3 is 14.4 Å². The Bertz CT molecular complexity index is 414. The molecule has 1 heterocycles. The van der Waals surface area contributed by atoms with Crippen LogP contribution in [0.1, 0.15) is 30.4 Å². The molecule has 0 saturated heterocycles. The van der Waals surface area contributed by atoms with E-state index in [0.29, 0.717) is 6.61 Å². The molecule has 1 aromatic heterocycles. The molecule has 0 aliphatic carbocycles. The molecule has 0 spiro atoms. The minimum Gasteiger partial charge on any atom is -0.475 e. The average Bonchev–Trinajstić information content (AvgIpc) is 2.60. The van der Waals surface area contributed by atoms with Crippen molar-refractivity contribution in [2.24, 2.45) is 7.05 Å². The standard InChI is InChI=1S/C10H15N3O4/c1-3-4-5-17-10(16)12-7-6-13(2)8(11-7)9(14)15/h6H,3-5H2,1-2H3,(H,12,16)(H,14,15). The number of hydrogen-bond donors (Lipinski definition) is 2. The highest BCUT2D eigenvalue weighted by atomic mass is 16.5. The number of imidazole rings is 1. The fourth-order valence-electron chi connectivity index (χ4n) is 1.18. The molecule has 0 bridgehead atoms. The van der Waals surface area contributed by atoms with E-state index in [9.17, 15) is 9.59 Å². The SMILES string of the molecule is CCCCOC(=O)Nc1cn(C)c(C(=O)O)n1. The molecule has 7 heteroatoms. The number of ether oxygens (including phenoxy) is 1. The summed E-state index contributed by atoms with van der Waals surface area (Å²) in [6.07, 6.45) is 2.49. The van der Waals surface area contributed by atoms with Crippen LogP contribution >= 0.6 is 0 Å². The van der Waals surface area contributed by atoms with Gasteiger partial charge in [-0.25, -0.2) is 14.6 Å². The molecular weight excluding hydrogens is 226 g/mol. The van der Waals surface area contributed by atoms with Crippen LogP contribution < -0.4 is 5.32 Å². The summed E-state index contributed by atoms with van der Waals surface area (Å²) in [5, 5.41) is 11.1. The Morgan fingerprint density at radius 3 is 2.82 bits per heavy atom. The number of nitrogens with one attached hydrogen (secondary N) is 1.